The summed E-state index contributed by atoms with van der Waals surface area (Å²) in [5.74, 6) is 0.854. The minimum Gasteiger partial charge on any atom is -0.393 e. The molecule has 0 bridgehead atoms. The van der Waals surface area contributed by atoms with Crippen molar-refractivity contribution in [1.29, 1.82) is 0 Å². The fourth-order valence-corrected chi connectivity index (χ4v) is 1.75. The van der Waals surface area contributed by atoms with Gasteiger partial charge in [-0.25, -0.2) is 0 Å². The van der Waals surface area contributed by atoms with Crippen LogP contribution in [0.4, 0.5) is 0 Å². The lowest BCUT2D eigenvalue weighted by molar-refractivity contribution is 0.0801. The second-order valence-electron chi connectivity index (χ2n) is 4.37. The summed E-state index contributed by atoms with van der Waals surface area (Å²) >= 11 is 0. The molecule has 1 aliphatic heterocycles. The topological polar surface area (TPSA) is 23.5 Å². The molecule has 0 spiro atoms. The molecule has 1 aliphatic rings. The first-order chi connectivity index (χ1) is 6.22. The van der Waals surface area contributed by atoms with Gasteiger partial charge in [0, 0.05) is 13.1 Å². The van der Waals surface area contributed by atoms with Crippen molar-refractivity contribution in [2.45, 2.75) is 45.6 Å². The van der Waals surface area contributed by atoms with Gasteiger partial charge in [-0.2, -0.15) is 0 Å². The summed E-state index contributed by atoms with van der Waals surface area (Å²) in [6, 6.07) is 0. The highest BCUT2D eigenvalue weighted by Gasteiger charge is 2.16. The van der Waals surface area contributed by atoms with E-state index in [0.717, 1.165) is 31.8 Å². The first kappa shape index (κ1) is 11.0. The number of hydrogen-bond acceptors (Lipinski definition) is 2. The first-order valence-corrected chi connectivity index (χ1v) is 5.62. The second kappa shape index (κ2) is 5.61. The SMILES string of the molecule is CCC(C)CCN1CCC(O)CC1. The average molecular weight is 185 g/mol. The number of rotatable bonds is 4. The number of aliphatic hydroxyl groups excluding tert-OH is 1. The summed E-state index contributed by atoms with van der Waals surface area (Å²) in [6.07, 6.45) is 4.52. The molecule has 13 heavy (non-hydrogen) atoms. The van der Waals surface area contributed by atoms with Crippen molar-refractivity contribution < 1.29 is 5.11 Å². The van der Waals surface area contributed by atoms with E-state index in [4.69, 9.17) is 0 Å². The van der Waals surface area contributed by atoms with Crippen LogP contribution in [0.25, 0.3) is 0 Å². The molecule has 1 heterocycles. The summed E-state index contributed by atoms with van der Waals surface area (Å²) < 4.78 is 0. The third kappa shape index (κ3) is 4.10. The molecule has 0 radical (unpaired) electrons. The quantitative estimate of drug-likeness (QED) is 0.723. The van der Waals surface area contributed by atoms with E-state index in [0.29, 0.717) is 0 Å². The largest absolute Gasteiger partial charge is 0.393 e. The molecule has 1 rings (SSSR count). The van der Waals surface area contributed by atoms with Crippen LogP contribution in [0.3, 0.4) is 0 Å². The van der Waals surface area contributed by atoms with Gasteiger partial charge in [0.15, 0.2) is 0 Å². The molecule has 2 heteroatoms. The first-order valence-electron chi connectivity index (χ1n) is 5.62. The summed E-state index contributed by atoms with van der Waals surface area (Å²) in [4.78, 5) is 2.49. The summed E-state index contributed by atoms with van der Waals surface area (Å²) in [7, 11) is 0. The molecule has 1 unspecified atom stereocenters. The Morgan fingerprint density at radius 2 is 2.00 bits per heavy atom. The third-order valence-electron chi connectivity index (χ3n) is 3.19. The number of nitrogens with zero attached hydrogens (tertiary/aromatic N) is 1. The van der Waals surface area contributed by atoms with Crippen LogP contribution in [0.15, 0.2) is 0 Å². The number of aliphatic hydroxyl groups is 1. The molecule has 0 aromatic carbocycles. The van der Waals surface area contributed by atoms with Crippen molar-refractivity contribution in [2.75, 3.05) is 19.6 Å². The van der Waals surface area contributed by atoms with Gasteiger partial charge in [0.2, 0.25) is 0 Å². The molecule has 1 N–H and O–H groups in total. The van der Waals surface area contributed by atoms with E-state index in [1.165, 1.54) is 19.4 Å². The lowest BCUT2D eigenvalue weighted by Gasteiger charge is -2.30. The summed E-state index contributed by atoms with van der Waals surface area (Å²) in [5, 5.41) is 9.32. The van der Waals surface area contributed by atoms with E-state index < -0.39 is 0 Å². The van der Waals surface area contributed by atoms with Crippen LogP contribution in [-0.2, 0) is 0 Å². The van der Waals surface area contributed by atoms with Crippen molar-refractivity contribution >= 4 is 0 Å². The van der Waals surface area contributed by atoms with Crippen LogP contribution in [0.5, 0.6) is 0 Å². The van der Waals surface area contributed by atoms with Crippen LogP contribution in [0.1, 0.15) is 39.5 Å². The maximum Gasteiger partial charge on any atom is 0.0564 e. The summed E-state index contributed by atoms with van der Waals surface area (Å²) in [5.41, 5.74) is 0. The normalized spacial score (nSPS) is 23.3. The van der Waals surface area contributed by atoms with E-state index in [9.17, 15) is 5.11 Å². The molecule has 1 saturated heterocycles. The predicted molar refractivity (Wildman–Crippen MR) is 55.8 cm³/mol. The maximum absolute atomic E-state index is 9.32. The highest BCUT2D eigenvalue weighted by molar-refractivity contribution is 4.71. The van der Waals surface area contributed by atoms with Crippen LogP contribution in [0, 0.1) is 5.92 Å². The van der Waals surface area contributed by atoms with Gasteiger partial charge in [0.25, 0.3) is 0 Å². The van der Waals surface area contributed by atoms with Gasteiger partial charge in [0.05, 0.1) is 6.10 Å². The van der Waals surface area contributed by atoms with Gasteiger partial charge in [-0.3, -0.25) is 0 Å². The Kier molecular flexibility index (Phi) is 4.74. The number of hydrogen-bond donors (Lipinski definition) is 1. The van der Waals surface area contributed by atoms with Crippen molar-refractivity contribution in [3.8, 4) is 0 Å². The Morgan fingerprint density at radius 1 is 1.38 bits per heavy atom. The molecule has 78 valence electrons. The Balaban J connectivity index is 2.08. The molecule has 0 aromatic rings. The smallest absolute Gasteiger partial charge is 0.0564 e. The molecule has 0 amide bonds. The van der Waals surface area contributed by atoms with E-state index in [1.54, 1.807) is 0 Å². The Bertz CT molecular complexity index is 130. The molecular formula is C11H23NO. The van der Waals surface area contributed by atoms with Gasteiger partial charge < -0.3 is 10.0 Å². The number of likely N-dealkylation sites (tertiary alicyclic amines) is 1. The van der Waals surface area contributed by atoms with E-state index in [2.05, 4.69) is 18.7 Å². The second-order valence-corrected chi connectivity index (χ2v) is 4.37. The monoisotopic (exact) mass is 185 g/mol. The molecule has 1 fully saturated rings. The molecule has 1 atom stereocenters. The summed E-state index contributed by atoms with van der Waals surface area (Å²) in [6.45, 7) is 7.99. The zero-order valence-electron chi connectivity index (χ0n) is 9.00. The van der Waals surface area contributed by atoms with Crippen molar-refractivity contribution in [3.63, 3.8) is 0 Å². The Morgan fingerprint density at radius 3 is 2.54 bits per heavy atom. The maximum atomic E-state index is 9.32. The zero-order chi connectivity index (χ0) is 9.68. The Hall–Kier alpha value is -0.0800. The molecular weight excluding hydrogens is 162 g/mol. The van der Waals surface area contributed by atoms with Crippen molar-refractivity contribution in [3.05, 3.63) is 0 Å². The van der Waals surface area contributed by atoms with E-state index in [1.807, 2.05) is 0 Å². The van der Waals surface area contributed by atoms with Crippen molar-refractivity contribution in [2.24, 2.45) is 5.92 Å². The van der Waals surface area contributed by atoms with Crippen LogP contribution in [0.2, 0.25) is 0 Å². The minimum absolute atomic E-state index is 0.0279. The standard InChI is InChI=1S/C11H23NO/c1-3-10(2)4-7-12-8-5-11(13)6-9-12/h10-11,13H,3-9H2,1-2H3. The zero-order valence-corrected chi connectivity index (χ0v) is 9.00. The number of piperidine rings is 1. The highest BCUT2D eigenvalue weighted by atomic mass is 16.3. The Labute approximate surface area is 81.9 Å². The molecule has 0 aromatic heterocycles. The van der Waals surface area contributed by atoms with E-state index in [-0.39, 0.29) is 6.10 Å². The lowest BCUT2D eigenvalue weighted by Crippen LogP contribution is -2.36. The average Bonchev–Trinajstić information content (AvgIpc) is 2.16. The third-order valence-corrected chi connectivity index (χ3v) is 3.19. The van der Waals surface area contributed by atoms with Crippen LogP contribution < -0.4 is 0 Å². The van der Waals surface area contributed by atoms with Crippen molar-refractivity contribution in [1.82, 2.24) is 4.90 Å². The van der Waals surface area contributed by atoms with Gasteiger partial charge in [-0.15, -0.1) is 0 Å². The fourth-order valence-electron chi connectivity index (χ4n) is 1.75. The lowest BCUT2D eigenvalue weighted by atomic mass is 10.0. The van der Waals surface area contributed by atoms with Gasteiger partial charge in [0.1, 0.15) is 0 Å². The molecule has 0 saturated carbocycles. The molecule has 2 nitrogen and oxygen atoms in total. The van der Waals surface area contributed by atoms with E-state index >= 15 is 0 Å². The predicted octanol–water partition coefficient (Wildman–Crippen LogP) is 1.88. The fraction of sp³-hybridized carbons (Fsp3) is 1.00. The minimum atomic E-state index is -0.0279. The van der Waals surface area contributed by atoms with Crippen LogP contribution >= 0.6 is 0 Å². The van der Waals surface area contributed by atoms with Gasteiger partial charge in [-0.1, -0.05) is 20.3 Å². The molecule has 0 aliphatic carbocycles. The van der Waals surface area contributed by atoms with Gasteiger partial charge >= 0.3 is 0 Å². The van der Waals surface area contributed by atoms with Crippen LogP contribution in [-0.4, -0.2) is 35.7 Å². The highest BCUT2D eigenvalue weighted by Crippen LogP contribution is 2.13. The van der Waals surface area contributed by atoms with Gasteiger partial charge in [-0.05, 0) is 31.7 Å².